The highest BCUT2D eigenvalue weighted by molar-refractivity contribution is 5.96. The molecule has 0 spiro atoms. The van der Waals surface area contributed by atoms with Crippen molar-refractivity contribution in [1.82, 2.24) is 0 Å². The number of nitrogens with two attached hydrogens (primary N) is 1. The first-order valence-electron chi connectivity index (χ1n) is 7.23. The molecule has 3 nitrogen and oxygen atoms in total. The Kier molecular flexibility index (Phi) is 5.87. The average molecular weight is 261 g/mol. The summed E-state index contributed by atoms with van der Waals surface area (Å²) < 4.78 is 0. The van der Waals surface area contributed by atoms with E-state index in [1.807, 2.05) is 13.0 Å². The summed E-state index contributed by atoms with van der Waals surface area (Å²) in [6.07, 6.45) is 2.44. The number of nitrogen functional groups attached to an aromatic ring is 1. The molecule has 0 heterocycles. The van der Waals surface area contributed by atoms with Gasteiger partial charge in [-0.1, -0.05) is 26.7 Å². The minimum Gasteiger partial charge on any atom is -0.384 e. The van der Waals surface area contributed by atoms with Gasteiger partial charge in [-0.2, -0.15) is 0 Å². The van der Waals surface area contributed by atoms with Crippen LogP contribution in [0.15, 0.2) is 18.2 Å². The normalized spacial score (nSPS) is 10.8. The maximum Gasteiger partial charge on any atom is 0.123 e. The Bertz CT molecular complexity index is 422. The third-order valence-corrected chi connectivity index (χ3v) is 3.88. The Morgan fingerprint density at radius 1 is 1.26 bits per heavy atom. The zero-order chi connectivity index (χ0) is 14.4. The molecule has 1 rings (SSSR count). The summed E-state index contributed by atoms with van der Waals surface area (Å²) in [6.45, 7) is 10.8. The van der Waals surface area contributed by atoms with Gasteiger partial charge in [-0.05, 0) is 43.5 Å². The fourth-order valence-corrected chi connectivity index (χ4v) is 2.42. The molecule has 3 N–H and O–H groups in total. The van der Waals surface area contributed by atoms with Crippen molar-refractivity contribution in [1.29, 1.82) is 5.41 Å². The van der Waals surface area contributed by atoms with Crippen molar-refractivity contribution >= 4 is 11.5 Å². The smallest absolute Gasteiger partial charge is 0.123 e. The van der Waals surface area contributed by atoms with Crippen LogP contribution in [0, 0.1) is 18.3 Å². The van der Waals surface area contributed by atoms with Crippen LogP contribution >= 0.6 is 0 Å². The molecule has 0 saturated heterocycles. The Morgan fingerprint density at radius 2 is 1.89 bits per heavy atom. The highest BCUT2D eigenvalue weighted by Crippen LogP contribution is 2.21. The van der Waals surface area contributed by atoms with Gasteiger partial charge in [0.15, 0.2) is 0 Å². The summed E-state index contributed by atoms with van der Waals surface area (Å²) >= 11 is 0. The molecular formula is C16H27N3. The molecule has 0 bridgehead atoms. The largest absolute Gasteiger partial charge is 0.384 e. The van der Waals surface area contributed by atoms with Gasteiger partial charge in [-0.25, -0.2) is 0 Å². The maximum atomic E-state index is 7.54. The van der Waals surface area contributed by atoms with Gasteiger partial charge in [0, 0.05) is 24.3 Å². The fraction of sp³-hybridized carbons (Fsp3) is 0.562. The van der Waals surface area contributed by atoms with E-state index in [1.165, 1.54) is 18.5 Å². The van der Waals surface area contributed by atoms with Crippen LogP contribution in [-0.2, 0) is 0 Å². The van der Waals surface area contributed by atoms with E-state index in [0.29, 0.717) is 0 Å². The molecule has 0 aromatic heterocycles. The lowest BCUT2D eigenvalue weighted by Crippen LogP contribution is -2.29. The van der Waals surface area contributed by atoms with Crippen LogP contribution in [-0.4, -0.2) is 18.9 Å². The number of aryl methyl sites for hydroxylation is 1. The third kappa shape index (κ3) is 3.98. The minimum absolute atomic E-state index is 0.145. The first-order chi connectivity index (χ1) is 9.03. The molecule has 106 valence electrons. The topological polar surface area (TPSA) is 53.1 Å². The Balaban J connectivity index is 2.93. The van der Waals surface area contributed by atoms with E-state index in [1.54, 1.807) is 0 Å². The lowest BCUT2D eigenvalue weighted by Gasteiger charge is -2.28. The van der Waals surface area contributed by atoms with Gasteiger partial charge in [0.25, 0.3) is 0 Å². The lowest BCUT2D eigenvalue weighted by molar-refractivity contribution is 0.486. The predicted octanol–water partition coefficient (Wildman–Crippen LogP) is 3.54. The number of nitrogens with one attached hydrogen (secondary N) is 1. The molecule has 1 aromatic rings. The zero-order valence-corrected chi connectivity index (χ0v) is 12.7. The van der Waals surface area contributed by atoms with E-state index in [0.717, 1.165) is 30.1 Å². The van der Waals surface area contributed by atoms with Gasteiger partial charge < -0.3 is 10.6 Å². The molecule has 0 fully saturated rings. The van der Waals surface area contributed by atoms with Gasteiger partial charge in [0.2, 0.25) is 0 Å². The summed E-state index contributed by atoms with van der Waals surface area (Å²) in [7, 11) is 0. The van der Waals surface area contributed by atoms with Crippen molar-refractivity contribution in [2.45, 2.75) is 40.5 Å². The van der Waals surface area contributed by atoms with Gasteiger partial charge in [0.05, 0.1) is 0 Å². The quantitative estimate of drug-likeness (QED) is 0.582. The molecule has 0 saturated carbocycles. The van der Waals surface area contributed by atoms with Crippen LogP contribution in [0.25, 0.3) is 0 Å². The SMILES string of the molecule is CCC(CC)CN(CC)c1ccc(C(=N)N)c(C)c1. The summed E-state index contributed by atoms with van der Waals surface area (Å²) in [5.41, 5.74) is 8.71. The van der Waals surface area contributed by atoms with Crippen molar-refractivity contribution in [3.05, 3.63) is 29.3 Å². The number of benzene rings is 1. The summed E-state index contributed by atoms with van der Waals surface area (Å²) in [5.74, 6) is 0.889. The van der Waals surface area contributed by atoms with E-state index in [2.05, 4.69) is 37.8 Å². The van der Waals surface area contributed by atoms with Crippen LogP contribution in [0.3, 0.4) is 0 Å². The predicted molar refractivity (Wildman–Crippen MR) is 84.2 cm³/mol. The monoisotopic (exact) mass is 261 g/mol. The van der Waals surface area contributed by atoms with E-state index in [9.17, 15) is 0 Å². The third-order valence-electron chi connectivity index (χ3n) is 3.88. The van der Waals surface area contributed by atoms with E-state index >= 15 is 0 Å². The molecule has 3 heteroatoms. The van der Waals surface area contributed by atoms with E-state index in [-0.39, 0.29) is 5.84 Å². The van der Waals surface area contributed by atoms with Gasteiger partial charge in [-0.3, -0.25) is 5.41 Å². The number of anilines is 1. The highest BCUT2D eigenvalue weighted by Gasteiger charge is 2.12. The van der Waals surface area contributed by atoms with Crippen molar-refractivity contribution in [2.24, 2.45) is 11.7 Å². The lowest BCUT2D eigenvalue weighted by atomic mass is 10.0. The molecule has 0 atom stereocenters. The van der Waals surface area contributed by atoms with Gasteiger partial charge in [0.1, 0.15) is 5.84 Å². The molecule has 0 aliphatic carbocycles. The van der Waals surface area contributed by atoms with Crippen molar-refractivity contribution in [3.8, 4) is 0 Å². The molecule has 0 unspecified atom stereocenters. The Labute approximate surface area is 117 Å². The molecule has 0 aliphatic heterocycles. The number of hydrogen-bond acceptors (Lipinski definition) is 2. The van der Waals surface area contributed by atoms with E-state index < -0.39 is 0 Å². The number of rotatable bonds is 7. The highest BCUT2D eigenvalue weighted by atomic mass is 15.1. The second-order valence-electron chi connectivity index (χ2n) is 5.13. The molecule has 0 radical (unpaired) electrons. The molecule has 0 aliphatic rings. The fourth-order valence-electron chi connectivity index (χ4n) is 2.42. The number of amidine groups is 1. The van der Waals surface area contributed by atoms with Gasteiger partial charge in [-0.15, -0.1) is 0 Å². The average Bonchev–Trinajstić information content (AvgIpc) is 2.39. The second kappa shape index (κ2) is 7.17. The first-order valence-corrected chi connectivity index (χ1v) is 7.23. The second-order valence-corrected chi connectivity index (χ2v) is 5.13. The summed E-state index contributed by atoms with van der Waals surface area (Å²) in [6, 6.07) is 6.18. The van der Waals surface area contributed by atoms with E-state index in [4.69, 9.17) is 11.1 Å². The van der Waals surface area contributed by atoms with Crippen LogP contribution < -0.4 is 10.6 Å². The molecule has 19 heavy (non-hydrogen) atoms. The van der Waals surface area contributed by atoms with Gasteiger partial charge >= 0.3 is 0 Å². The maximum absolute atomic E-state index is 7.54. The molecule has 0 amide bonds. The number of nitrogens with zero attached hydrogens (tertiary/aromatic N) is 1. The summed E-state index contributed by atoms with van der Waals surface area (Å²) in [4.78, 5) is 2.41. The van der Waals surface area contributed by atoms with Crippen LogP contribution in [0.4, 0.5) is 5.69 Å². The zero-order valence-electron chi connectivity index (χ0n) is 12.7. The van der Waals surface area contributed by atoms with Crippen molar-refractivity contribution in [3.63, 3.8) is 0 Å². The first kappa shape index (κ1) is 15.5. The van der Waals surface area contributed by atoms with Crippen molar-refractivity contribution < 1.29 is 0 Å². The molecular weight excluding hydrogens is 234 g/mol. The van der Waals surface area contributed by atoms with Crippen LogP contribution in [0.1, 0.15) is 44.7 Å². The standard InChI is InChI=1S/C16H27N3/c1-5-13(6-2)11-19(7-3)14-8-9-15(16(17)18)12(4)10-14/h8-10,13H,5-7,11H2,1-4H3,(H3,17,18). The Hall–Kier alpha value is -1.51. The summed E-state index contributed by atoms with van der Waals surface area (Å²) in [5, 5.41) is 7.54. The van der Waals surface area contributed by atoms with Crippen LogP contribution in [0.5, 0.6) is 0 Å². The minimum atomic E-state index is 0.145. The van der Waals surface area contributed by atoms with Crippen LogP contribution in [0.2, 0.25) is 0 Å². The van der Waals surface area contributed by atoms with Crippen molar-refractivity contribution in [2.75, 3.05) is 18.0 Å². The molecule has 1 aromatic carbocycles. The number of hydrogen-bond donors (Lipinski definition) is 2. The Morgan fingerprint density at radius 3 is 2.32 bits per heavy atom.